The van der Waals surface area contributed by atoms with Crippen molar-refractivity contribution in [3.05, 3.63) is 0 Å². The average molecular weight is 342 g/mol. The molecule has 0 aromatic heterocycles. The van der Waals surface area contributed by atoms with Gasteiger partial charge in [0.1, 0.15) is 6.04 Å². The van der Waals surface area contributed by atoms with Crippen LogP contribution in [0.25, 0.3) is 0 Å². The Bertz CT molecular complexity index is 460. The van der Waals surface area contributed by atoms with E-state index in [1.165, 1.54) is 0 Å². The number of carbonyl (C=O) groups excluding carboxylic acids is 1. The molecule has 3 atom stereocenters. The summed E-state index contributed by atoms with van der Waals surface area (Å²) in [4.78, 5) is 25.8. The van der Waals surface area contributed by atoms with Gasteiger partial charge in [0.25, 0.3) is 0 Å². The topological polar surface area (TPSA) is 88.1 Å². The van der Waals surface area contributed by atoms with Crippen LogP contribution in [0.15, 0.2) is 0 Å². The lowest BCUT2D eigenvalue weighted by atomic mass is 9.98. The summed E-state index contributed by atoms with van der Waals surface area (Å²) in [6, 6.07) is -0.778. The number of nitrogens with zero attached hydrogens (tertiary/aromatic N) is 1. The number of morpholine rings is 1. The van der Waals surface area contributed by atoms with Crippen molar-refractivity contribution in [3.8, 4) is 0 Å². The number of rotatable bonds is 6. The molecule has 7 nitrogen and oxygen atoms in total. The molecule has 2 rings (SSSR count). The lowest BCUT2D eigenvalue weighted by Crippen LogP contribution is -2.60. The fraction of sp³-hybridized carbons (Fsp3) is 0.882. The third kappa shape index (κ3) is 4.91. The molecular formula is C17H30N2O5. The van der Waals surface area contributed by atoms with Crippen molar-refractivity contribution in [2.75, 3.05) is 32.9 Å². The molecule has 2 fully saturated rings. The molecule has 2 saturated heterocycles. The first-order valence-corrected chi connectivity index (χ1v) is 8.68. The lowest BCUT2D eigenvalue weighted by molar-refractivity contribution is -0.163. The molecule has 24 heavy (non-hydrogen) atoms. The summed E-state index contributed by atoms with van der Waals surface area (Å²) in [6.07, 6.45) is 0.749. The zero-order valence-electron chi connectivity index (χ0n) is 15.1. The quantitative estimate of drug-likeness (QED) is 0.740. The Morgan fingerprint density at radius 1 is 1.33 bits per heavy atom. The van der Waals surface area contributed by atoms with Gasteiger partial charge in [-0.05, 0) is 26.2 Å². The van der Waals surface area contributed by atoms with Gasteiger partial charge < -0.3 is 19.9 Å². The Kier molecular flexibility index (Phi) is 6.22. The predicted octanol–water partition coefficient (Wildman–Crippen LogP) is 0.728. The van der Waals surface area contributed by atoms with Crippen LogP contribution in [0.4, 0.5) is 0 Å². The van der Waals surface area contributed by atoms with Gasteiger partial charge in [-0.25, -0.2) is 0 Å². The van der Waals surface area contributed by atoms with Crippen LogP contribution in [0.2, 0.25) is 0 Å². The Morgan fingerprint density at radius 3 is 2.58 bits per heavy atom. The molecule has 2 aliphatic heterocycles. The standard InChI is InChI=1S/C17H30N2O5/c1-11(2)13(18-15(20)12-5-6-23-8-12)7-19-10-17(3,4)24-9-14(19)16(21)22/h11-14H,5-10H2,1-4H3,(H,18,20)(H,21,22)/t12?,13-,14?/m0/s1. The number of hydrogen-bond donors (Lipinski definition) is 2. The van der Waals surface area contributed by atoms with Crippen LogP contribution in [0.3, 0.4) is 0 Å². The number of carboxylic acid groups (broad SMARTS) is 1. The van der Waals surface area contributed by atoms with Crippen molar-refractivity contribution in [3.63, 3.8) is 0 Å². The van der Waals surface area contributed by atoms with E-state index < -0.39 is 17.6 Å². The Labute approximate surface area is 143 Å². The summed E-state index contributed by atoms with van der Waals surface area (Å²) in [7, 11) is 0. The average Bonchev–Trinajstić information content (AvgIpc) is 2.99. The van der Waals surface area contributed by atoms with E-state index in [9.17, 15) is 14.7 Å². The van der Waals surface area contributed by atoms with E-state index in [4.69, 9.17) is 9.47 Å². The van der Waals surface area contributed by atoms with Crippen LogP contribution in [0, 0.1) is 11.8 Å². The maximum absolute atomic E-state index is 12.4. The molecule has 1 amide bonds. The number of hydrogen-bond acceptors (Lipinski definition) is 5. The molecule has 0 aromatic rings. The van der Waals surface area contributed by atoms with E-state index in [0.29, 0.717) is 26.3 Å². The molecule has 2 N–H and O–H groups in total. The zero-order valence-corrected chi connectivity index (χ0v) is 15.1. The van der Waals surface area contributed by atoms with Crippen molar-refractivity contribution >= 4 is 11.9 Å². The largest absolute Gasteiger partial charge is 0.480 e. The summed E-state index contributed by atoms with van der Waals surface area (Å²) >= 11 is 0. The minimum absolute atomic E-state index is 0.00518. The van der Waals surface area contributed by atoms with Crippen LogP contribution < -0.4 is 5.32 Å². The predicted molar refractivity (Wildman–Crippen MR) is 88.7 cm³/mol. The molecule has 0 aromatic carbocycles. The molecule has 0 aliphatic carbocycles. The number of aliphatic carboxylic acids is 1. The molecule has 0 radical (unpaired) electrons. The van der Waals surface area contributed by atoms with Gasteiger partial charge in [-0.1, -0.05) is 13.8 Å². The van der Waals surface area contributed by atoms with Crippen LogP contribution in [0.1, 0.15) is 34.1 Å². The summed E-state index contributed by atoms with van der Waals surface area (Å²) in [5.41, 5.74) is -0.392. The summed E-state index contributed by atoms with van der Waals surface area (Å²) in [5, 5.41) is 12.6. The monoisotopic (exact) mass is 342 g/mol. The maximum atomic E-state index is 12.4. The van der Waals surface area contributed by atoms with Crippen molar-refractivity contribution in [2.45, 2.75) is 51.8 Å². The molecule has 0 saturated carbocycles. The van der Waals surface area contributed by atoms with E-state index in [-0.39, 0.29) is 30.4 Å². The fourth-order valence-electron chi connectivity index (χ4n) is 3.19. The van der Waals surface area contributed by atoms with Crippen molar-refractivity contribution in [1.82, 2.24) is 10.2 Å². The highest BCUT2D eigenvalue weighted by Gasteiger charge is 2.39. The first kappa shape index (κ1) is 19.1. The summed E-state index contributed by atoms with van der Waals surface area (Å²) in [5.74, 6) is -0.770. The molecular weight excluding hydrogens is 312 g/mol. The molecule has 0 bridgehead atoms. The maximum Gasteiger partial charge on any atom is 0.323 e. The van der Waals surface area contributed by atoms with Gasteiger partial charge in [0, 0.05) is 25.7 Å². The molecule has 7 heteroatoms. The Hall–Kier alpha value is -1.18. The number of nitrogens with one attached hydrogen (secondary N) is 1. The minimum atomic E-state index is -0.886. The van der Waals surface area contributed by atoms with Crippen molar-refractivity contribution in [2.24, 2.45) is 11.8 Å². The third-order valence-corrected chi connectivity index (χ3v) is 4.81. The van der Waals surface area contributed by atoms with Gasteiger partial charge in [-0.2, -0.15) is 0 Å². The Balaban J connectivity index is 2.03. The number of amides is 1. The molecule has 2 aliphatic rings. The number of carboxylic acids is 1. The van der Waals surface area contributed by atoms with E-state index in [0.717, 1.165) is 6.42 Å². The molecule has 2 heterocycles. The van der Waals surface area contributed by atoms with E-state index in [2.05, 4.69) is 5.32 Å². The number of carbonyl (C=O) groups is 2. The third-order valence-electron chi connectivity index (χ3n) is 4.81. The molecule has 2 unspecified atom stereocenters. The summed E-state index contributed by atoms with van der Waals surface area (Å²) < 4.78 is 10.9. The van der Waals surface area contributed by atoms with Gasteiger partial charge in [-0.3, -0.25) is 14.5 Å². The van der Waals surface area contributed by atoms with Gasteiger partial charge in [0.15, 0.2) is 0 Å². The highest BCUT2D eigenvalue weighted by molar-refractivity contribution is 5.79. The normalized spacial score (nSPS) is 28.7. The van der Waals surface area contributed by atoms with Crippen molar-refractivity contribution in [1.29, 1.82) is 0 Å². The summed E-state index contributed by atoms with van der Waals surface area (Å²) in [6.45, 7) is 10.3. The zero-order chi connectivity index (χ0) is 17.9. The van der Waals surface area contributed by atoms with Gasteiger partial charge >= 0.3 is 5.97 Å². The van der Waals surface area contributed by atoms with Crippen LogP contribution >= 0.6 is 0 Å². The van der Waals surface area contributed by atoms with Crippen LogP contribution in [0.5, 0.6) is 0 Å². The first-order chi connectivity index (χ1) is 11.2. The van der Waals surface area contributed by atoms with E-state index in [1.54, 1.807) is 0 Å². The van der Waals surface area contributed by atoms with Crippen molar-refractivity contribution < 1.29 is 24.2 Å². The molecule has 0 spiro atoms. The SMILES string of the molecule is CC(C)[C@H](CN1CC(C)(C)OCC1C(=O)O)NC(=O)C1CCOC1. The second kappa shape index (κ2) is 7.80. The number of ether oxygens (including phenoxy) is 2. The second-order valence-electron chi connectivity index (χ2n) is 7.77. The van der Waals surface area contributed by atoms with Crippen LogP contribution in [-0.2, 0) is 19.1 Å². The van der Waals surface area contributed by atoms with Gasteiger partial charge in [0.2, 0.25) is 5.91 Å². The highest BCUT2D eigenvalue weighted by atomic mass is 16.5. The van der Waals surface area contributed by atoms with Crippen LogP contribution in [-0.4, -0.2) is 72.5 Å². The smallest absolute Gasteiger partial charge is 0.323 e. The molecule has 138 valence electrons. The van der Waals surface area contributed by atoms with Gasteiger partial charge in [-0.15, -0.1) is 0 Å². The van der Waals surface area contributed by atoms with E-state index in [1.807, 2.05) is 32.6 Å². The lowest BCUT2D eigenvalue weighted by Gasteiger charge is -2.43. The van der Waals surface area contributed by atoms with E-state index >= 15 is 0 Å². The highest BCUT2D eigenvalue weighted by Crippen LogP contribution is 2.22. The minimum Gasteiger partial charge on any atom is -0.480 e. The second-order valence-corrected chi connectivity index (χ2v) is 7.77. The first-order valence-electron chi connectivity index (χ1n) is 8.68. The van der Waals surface area contributed by atoms with Gasteiger partial charge in [0.05, 0.1) is 24.7 Å². The Morgan fingerprint density at radius 2 is 2.04 bits per heavy atom. The fourth-order valence-corrected chi connectivity index (χ4v) is 3.19.